The molecule has 1 saturated heterocycles. The van der Waals surface area contributed by atoms with E-state index in [2.05, 4.69) is 0 Å². The summed E-state index contributed by atoms with van der Waals surface area (Å²) in [6.07, 6.45) is -4.02. The van der Waals surface area contributed by atoms with Crippen molar-refractivity contribution in [3.8, 4) is 16.9 Å². The predicted octanol–water partition coefficient (Wildman–Crippen LogP) is 1.92. The van der Waals surface area contributed by atoms with Gasteiger partial charge in [0, 0.05) is 5.69 Å². The van der Waals surface area contributed by atoms with Crippen LogP contribution in [0.4, 0.5) is 5.69 Å². The summed E-state index contributed by atoms with van der Waals surface area (Å²) in [4.78, 5) is 0. The Balaban J connectivity index is 1.71. The lowest BCUT2D eigenvalue weighted by Gasteiger charge is -2.40. The number of rotatable bonds is 5. The number of aliphatic hydroxyl groups excluding tert-OH is 3. The first-order valence-corrected chi connectivity index (χ1v) is 8.82. The second-order valence-electron chi connectivity index (χ2n) is 6.57. The zero-order valence-corrected chi connectivity index (χ0v) is 14.7. The quantitative estimate of drug-likeness (QED) is 0.608. The molecule has 6 heteroatoms. The molecule has 0 bridgehead atoms. The zero-order valence-electron chi connectivity index (χ0n) is 14.7. The second kappa shape index (κ2) is 8.05. The standard InChI is InChI=1S/C20H25NO5/c1-2-4-16-17(22)18(23)19(24)20(26-16)25-15-9-7-12(8-10-15)13-5-3-6-14(21)11-13/h3,5-11,16-20,22-24H,2,4,21H2,1H3/t16?,17-,18?,19?,20+/m1/s1. The molecule has 3 rings (SSSR count). The Morgan fingerprint density at radius 1 is 0.962 bits per heavy atom. The molecule has 3 unspecified atom stereocenters. The summed E-state index contributed by atoms with van der Waals surface area (Å²) in [7, 11) is 0. The van der Waals surface area contributed by atoms with Crippen molar-refractivity contribution in [1.82, 2.24) is 0 Å². The van der Waals surface area contributed by atoms with Crippen LogP contribution in [0, 0.1) is 0 Å². The van der Waals surface area contributed by atoms with Gasteiger partial charge in [-0.3, -0.25) is 0 Å². The number of benzene rings is 2. The van der Waals surface area contributed by atoms with E-state index >= 15 is 0 Å². The number of nitrogen functional groups attached to an aromatic ring is 1. The molecule has 0 amide bonds. The van der Waals surface area contributed by atoms with Gasteiger partial charge in [-0.2, -0.15) is 0 Å². The van der Waals surface area contributed by atoms with Gasteiger partial charge in [0.15, 0.2) is 0 Å². The summed E-state index contributed by atoms with van der Waals surface area (Å²) in [6.45, 7) is 1.96. The van der Waals surface area contributed by atoms with Crippen molar-refractivity contribution in [3.05, 3.63) is 48.5 Å². The largest absolute Gasteiger partial charge is 0.462 e. The monoisotopic (exact) mass is 359 g/mol. The molecule has 0 radical (unpaired) electrons. The molecule has 2 aromatic rings. The molecule has 5 N–H and O–H groups in total. The molecular formula is C20H25NO5. The highest BCUT2D eigenvalue weighted by Gasteiger charge is 2.44. The lowest BCUT2D eigenvalue weighted by Crippen LogP contribution is -2.59. The van der Waals surface area contributed by atoms with Crippen LogP contribution in [-0.2, 0) is 4.74 Å². The molecule has 1 fully saturated rings. The van der Waals surface area contributed by atoms with E-state index in [1.54, 1.807) is 12.1 Å². The van der Waals surface area contributed by atoms with Crippen LogP contribution >= 0.6 is 0 Å². The average molecular weight is 359 g/mol. The van der Waals surface area contributed by atoms with Gasteiger partial charge in [0.1, 0.15) is 24.1 Å². The van der Waals surface area contributed by atoms with Crippen molar-refractivity contribution in [3.63, 3.8) is 0 Å². The molecule has 0 aromatic heterocycles. The van der Waals surface area contributed by atoms with Crippen LogP contribution in [0.1, 0.15) is 19.8 Å². The molecule has 0 spiro atoms. The third-order valence-electron chi connectivity index (χ3n) is 4.57. The topological polar surface area (TPSA) is 105 Å². The number of hydrogen-bond acceptors (Lipinski definition) is 6. The molecule has 26 heavy (non-hydrogen) atoms. The van der Waals surface area contributed by atoms with Crippen LogP contribution in [0.15, 0.2) is 48.5 Å². The van der Waals surface area contributed by atoms with E-state index in [-0.39, 0.29) is 0 Å². The molecule has 140 valence electrons. The average Bonchev–Trinajstić information content (AvgIpc) is 2.64. The third kappa shape index (κ3) is 3.99. The fraction of sp³-hybridized carbons (Fsp3) is 0.400. The smallest absolute Gasteiger partial charge is 0.229 e. The first kappa shape index (κ1) is 18.7. The summed E-state index contributed by atoms with van der Waals surface area (Å²) in [5.74, 6) is 0.501. The van der Waals surface area contributed by atoms with E-state index in [1.165, 1.54) is 0 Å². The first-order chi connectivity index (χ1) is 12.5. The summed E-state index contributed by atoms with van der Waals surface area (Å²) >= 11 is 0. The van der Waals surface area contributed by atoms with Gasteiger partial charge >= 0.3 is 0 Å². The van der Waals surface area contributed by atoms with Crippen LogP contribution in [0.25, 0.3) is 11.1 Å². The summed E-state index contributed by atoms with van der Waals surface area (Å²) in [5, 5.41) is 30.2. The van der Waals surface area contributed by atoms with Crippen LogP contribution < -0.4 is 10.5 Å². The number of nitrogens with two attached hydrogens (primary N) is 1. The minimum Gasteiger partial charge on any atom is -0.462 e. The van der Waals surface area contributed by atoms with Crippen LogP contribution in [-0.4, -0.2) is 46.0 Å². The maximum atomic E-state index is 10.1. The maximum Gasteiger partial charge on any atom is 0.229 e. The molecule has 1 aliphatic rings. The normalized spacial score (nSPS) is 28.7. The van der Waals surface area contributed by atoms with Gasteiger partial charge < -0.3 is 30.5 Å². The van der Waals surface area contributed by atoms with Gasteiger partial charge in [-0.1, -0.05) is 37.6 Å². The number of aliphatic hydroxyl groups is 3. The SMILES string of the molecule is CCCC1O[C@H](Oc2ccc(-c3cccc(N)c3)cc2)C(O)C(O)[C@@H]1O. The molecule has 0 saturated carbocycles. The Bertz CT molecular complexity index is 720. The molecule has 0 aliphatic carbocycles. The van der Waals surface area contributed by atoms with Gasteiger partial charge in [0.2, 0.25) is 6.29 Å². The van der Waals surface area contributed by atoms with E-state index in [1.807, 2.05) is 43.3 Å². The highest BCUT2D eigenvalue weighted by molar-refractivity contribution is 5.67. The van der Waals surface area contributed by atoms with E-state index in [0.29, 0.717) is 17.9 Å². The minimum atomic E-state index is -1.33. The van der Waals surface area contributed by atoms with Gasteiger partial charge in [-0.25, -0.2) is 0 Å². The van der Waals surface area contributed by atoms with Crippen molar-refractivity contribution in [2.75, 3.05) is 5.73 Å². The van der Waals surface area contributed by atoms with Gasteiger partial charge in [-0.05, 0) is 41.8 Å². The fourth-order valence-electron chi connectivity index (χ4n) is 3.12. The van der Waals surface area contributed by atoms with Gasteiger partial charge in [0.25, 0.3) is 0 Å². The summed E-state index contributed by atoms with van der Waals surface area (Å²) < 4.78 is 11.4. The Kier molecular flexibility index (Phi) is 5.78. The van der Waals surface area contributed by atoms with E-state index in [0.717, 1.165) is 17.5 Å². The zero-order chi connectivity index (χ0) is 18.7. The molecule has 5 atom stereocenters. The molecule has 1 heterocycles. The minimum absolute atomic E-state index is 0.501. The van der Waals surface area contributed by atoms with Gasteiger partial charge in [-0.15, -0.1) is 0 Å². The van der Waals surface area contributed by atoms with Crippen molar-refractivity contribution in [1.29, 1.82) is 0 Å². The first-order valence-electron chi connectivity index (χ1n) is 8.82. The second-order valence-corrected chi connectivity index (χ2v) is 6.57. The number of ether oxygens (including phenoxy) is 2. The number of hydrogen-bond donors (Lipinski definition) is 4. The molecule has 1 aliphatic heterocycles. The lowest BCUT2D eigenvalue weighted by molar-refractivity contribution is -0.273. The Morgan fingerprint density at radius 3 is 2.35 bits per heavy atom. The van der Waals surface area contributed by atoms with E-state index in [9.17, 15) is 15.3 Å². The molecule has 2 aromatic carbocycles. The highest BCUT2D eigenvalue weighted by Crippen LogP contribution is 2.28. The molecular weight excluding hydrogens is 334 g/mol. The third-order valence-corrected chi connectivity index (χ3v) is 4.57. The predicted molar refractivity (Wildman–Crippen MR) is 98.5 cm³/mol. The van der Waals surface area contributed by atoms with E-state index in [4.69, 9.17) is 15.2 Å². The van der Waals surface area contributed by atoms with Crippen LogP contribution in [0.2, 0.25) is 0 Å². The maximum absolute atomic E-state index is 10.1. The van der Waals surface area contributed by atoms with Crippen molar-refractivity contribution in [2.24, 2.45) is 0 Å². The van der Waals surface area contributed by atoms with Gasteiger partial charge in [0.05, 0.1) is 6.10 Å². The van der Waals surface area contributed by atoms with E-state index < -0.39 is 30.7 Å². The van der Waals surface area contributed by atoms with Crippen molar-refractivity contribution >= 4 is 5.69 Å². The van der Waals surface area contributed by atoms with Crippen LogP contribution in [0.5, 0.6) is 5.75 Å². The van der Waals surface area contributed by atoms with Crippen molar-refractivity contribution < 1.29 is 24.8 Å². The van der Waals surface area contributed by atoms with Crippen LogP contribution in [0.3, 0.4) is 0 Å². The fourth-order valence-corrected chi connectivity index (χ4v) is 3.12. The summed E-state index contributed by atoms with van der Waals surface area (Å²) in [6, 6.07) is 14.9. The van der Waals surface area contributed by atoms with Crippen molar-refractivity contribution in [2.45, 2.75) is 50.5 Å². The number of anilines is 1. The molecule has 6 nitrogen and oxygen atoms in total. The Labute approximate surface area is 152 Å². The summed E-state index contributed by atoms with van der Waals surface area (Å²) in [5.41, 5.74) is 8.48. The lowest BCUT2D eigenvalue weighted by atomic mass is 9.96. The Hall–Kier alpha value is -2.12. The highest BCUT2D eigenvalue weighted by atomic mass is 16.7. The Morgan fingerprint density at radius 2 is 1.69 bits per heavy atom.